The van der Waals surface area contributed by atoms with E-state index < -0.39 is 16.8 Å². The van der Waals surface area contributed by atoms with Gasteiger partial charge in [0, 0.05) is 52.2 Å². The maximum absolute atomic E-state index is 13.0. The van der Waals surface area contributed by atoms with Gasteiger partial charge < -0.3 is 10.1 Å². The van der Waals surface area contributed by atoms with Gasteiger partial charge in [0.2, 0.25) is 0 Å². The van der Waals surface area contributed by atoms with E-state index in [2.05, 4.69) is 5.32 Å². The van der Waals surface area contributed by atoms with Crippen LogP contribution in [0.5, 0.6) is 0 Å². The highest BCUT2D eigenvalue weighted by molar-refractivity contribution is 7.99. The lowest BCUT2D eigenvalue weighted by molar-refractivity contribution is -0.384. The van der Waals surface area contributed by atoms with Gasteiger partial charge in [-0.1, -0.05) is 18.5 Å². The summed E-state index contributed by atoms with van der Waals surface area (Å²) in [6, 6.07) is 4.08. The molecule has 0 radical (unpaired) electrons. The molecule has 2 aliphatic rings. The fourth-order valence-corrected chi connectivity index (χ4v) is 4.56. The highest BCUT2D eigenvalue weighted by Crippen LogP contribution is 2.45. The average Bonchev–Trinajstić information content (AvgIpc) is 2.70. The summed E-state index contributed by atoms with van der Waals surface area (Å²) in [5, 5.41) is 14.8. The van der Waals surface area contributed by atoms with Crippen LogP contribution in [0.1, 0.15) is 44.6 Å². The molecule has 0 amide bonds. The smallest absolute Gasteiger partial charge is 0.336 e. The van der Waals surface area contributed by atoms with Crippen molar-refractivity contribution in [2.75, 3.05) is 18.1 Å². The van der Waals surface area contributed by atoms with Crippen molar-refractivity contribution < 1.29 is 19.2 Å². The Hall–Kier alpha value is -2.32. The van der Waals surface area contributed by atoms with Gasteiger partial charge in [-0.05, 0) is 37.1 Å². The Morgan fingerprint density at radius 1 is 1.40 bits per heavy atom. The molecule has 0 spiro atoms. The summed E-state index contributed by atoms with van der Waals surface area (Å²) in [7, 11) is 0. The molecule has 1 aliphatic carbocycles. The van der Waals surface area contributed by atoms with E-state index in [0.29, 0.717) is 41.8 Å². The van der Waals surface area contributed by atoms with Gasteiger partial charge in [0.15, 0.2) is 5.78 Å². The molecule has 1 aromatic rings. The zero-order valence-corrected chi connectivity index (χ0v) is 18.4. The number of ketones is 1. The van der Waals surface area contributed by atoms with E-state index >= 15 is 0 Å². The SMILES string of the molecule is CCSCCOC(=O)C1=C(C)NC2=C(C(=O)CCC2)[C@H]1c1cc([N+](=O)[O-])ccc1Cl. The number of carbonyl (C=O) groups excluding carboxylic acids is 2. The van der Waals surface area contributed by atoms with Crippen molar-refractivity contribution in [1.29, 1.82) is 0 Å². The van der Waals surface area contributed by atoms with Crippen LogP contribution in [0.2, 0.25) is 5.02 Å². The van der Waals surface area contributed by atoms with E-state index in [9.17, 15) is 19.7 Å². The van der Waals surface area contributed by atoms with Crippen molar-refractivity contribution in [3.63, 3.8) is 0 Å². The molecule has 1 heterocycles. The lowest BCUT2D eigenvalue weighted by Gasteiger charge is -2.34. The van der Waals surface area contributed by atoms with Crippen LogP contribution >= 0.6 is 23.4 Å². The second kappa shape index (κ2) is 9.66. The van der Waals surface area contributed by atoms with Crippen LogP contribution in [-0.4, -0.2) is 34.8 Å². The Morgan fingerprint density at radius 3 is 2.87 bits per heavy atom. The van der Waals surface area contributed by atoms with Crippen LogP contribution in [0.25, 0.3) is 0 Å². The number of ether oxygens (including phenoxy) is 1. The molecule has 1 aromatic carbocycles. The van der Waals surface area contributed by atoms with Gasteiger partial charge in [-0.25, -0.2) is 4.79 Å². The van der Waals surface area contributed by atoms with E-state index in [1.807, 2.05) is 6.92 Å². The molecular weight excluding hydrogens is 428 g/mol. The number of nitrogens with zero attached hydrogens (tertiary/aromatic N) is 1. The van der Waals surface area contributed by atoms with Crippen LogP contribution in [0.15, 0.2) is 40.7 Å². The van der Waals surface area contributed by atoms with Gasteiger partial charge in [0.05, 0.1) is 10.5 Å². The number of hydrogen-bond acceptors (Lipinski definition) is 7. The monoisotopic (exact) mass is 450 g/mol. The Kier molecular flexibility index (Phi) is 7.20. The minimum Gasteiger partial charge on any atom is -0.461 e. The molecule has 0 aromatic heterocycles. The van der Waals surface area contributed by atoms with Crippen LogP contribution < -0.4 is 5.32 Å². The largest absolute Gasteiger partial charge is 0.461 e. The standard InChI is InChI=1S/C21H23ClN2O5S/c1-3-30-10-9-29-21(26)18-12(2)23-16-5-4-6-17(25)20(16)19(18)14-11-13(24(27)28)7-8-15(14)22/h7-8,11,19,23H,3-6,9-10H2,1-2H3/t19-/m0/s1. The number of esters is 1. The summed E-state index contributed by atoms with van der Waals surface area (Å²) in [6.45, 7) is 4.01. The molecule has 1 aliphatic heterocycles. The van der Waals surface area contributed by atoms with Crippen LogP contribution in [0, 0.1) is 10.1 Å². The zero-order valence-electron chi connectivity index (χ0n) is 16.8. The normalized spacial score (nSPS) is 18.8. The Bertz CT molecular complexity index is 957. The number of nitrogens with one attached hydrogen (secondary N) is 1. The molecule has 1 atom stereocenters. The second-order valence-electron chi connectivity index (χ2n) is 7.06. The average molecular weight is 451 g/mol. The van der Waals surface area contributed by atoms with Gasteiger partial charge in [-0.2, -0.15) is 11.8 Å². The third-order valence-electron chi connectivity index (χ3n) is 5.16. The predicted octanol–water partition coefficient (Wildman–Crippen LogP) is 4.51. The van der Waals surface area contributed by atoms with E-state index in [0.717, 1.165) is 11.4 Å². The van der Waals surface area contributed by atoms with Gasteiger partial charge in [0.25, 0.3) is 5.69 Å². The molecule has 7 nitrogen and oxygen atoms in total. The maximum atomic E-state index is 13.0. The summed E-state index contributed by atoms with van der Waals surface area (Å²) in [5.41, 5.74) is 2.25. The summed E-state index contributed by atoms with van der Waals surface area (Å²) in [4.78, 5) is 36.7. The predicted molar refractivity (Wildman–Crippen MR) is 117 cm³/mol. The summed E-state index contributed by atoms with van der Waals surface area (Å²) >= 11 is 8.07. The first-order valence-electron chi connectivity index (χ1n) is 9.77. The Labute approximate surface area is 184 Å². The molecule has 9 heteroatoms. The molecule has 3 rings (SSSR count). The number of nitro groups is 1. The Morgan fingerprint density at radius 2 is 2.17 bits per heavy atom. The number of allylic oxidation sites excluding steroid dienone is 3. The number of Topliss-reactive ketones (excluding diaryl/α,β-unsaturated/α-hetero) is 1. The topological polar surface area (TPSA) is 98.5 Å². The summed E-state index contributed by atoms with van der Waals surface area (Å²) in [5.74, 6) is 0.145. The quantitative estimate of drug-likeness (QED) is 0.282. The number of halogens is 1. The second-order valence-corrected chi connectivity index (χ2v) is 8.86. The fraction of sp³-hybridized carbons (Fsp3) is 0.429. The molecule has 0 bridgehead atoms. The lowest BCUT2D eigenvalue weighted by atomic mass is 9.75. The van der Waals surface area contributed by atoms with E-state index in [1.165, 1.54) is 18.2 Å². The molecule has 0 fully saturated rings. The summed E-state index contributed by atoms with van der Waals surface area (Å²) in [6.07, 6.45) is 1.73. The molecule has 1 N–H and O–H groups in total. The first-order valence-corrected chi connectivity index (χ1v) is 11.3. The van der Waals surface area contributed by atoms with E-state index in [-0.39, 0.29) is 28.7 Å². The van der Waals surface area contributed by atoms with Gasteiger partial charge in [-0.15, -0.1) is 0 Å². The third kappa shape index (κ3) is 4.54. The number of benzene rings is 1. The van der Waals surface area contributed by atoms with Crippen LogP contribution in [-0.2, 0) is 14.3 Å². The molecule has 0 saturated heterocycles. The first-order chi connectivity index (χ1) is 14.3. The Balaban J connectivity index is 2.09. The molecule has 0 unspecified atom stereocenters. The maximum Gasteiger partial charge on any atom is 0.336 e. The number of carbonyl (C=O) groups is 2. The van der Waals surface area contributed by atoms with Crippen molar-refractivity contribution in [3.8, 4) is 0 Å². The van der Waals surface area contributed by atoms with Crippen molar-refractivity contribution >= 4 is 40.8 Å². The molecule has 30 heavy (non-hydrogen) atoms. The van der Waals surface area contributed by atoms with Gasteiger partial charge in [0.1, 0.15) is 6.61 Å². The number of rotatable bonds is 7. The minimum absolute atomic E-state index is 0.0874. The van der Waals surface area contributed by atoms with Crippen molar-refractivity contribution in [3.05, 3.63) is 61.4 Å². The highest BCUT2D eigenvalue weighted by atomic mass is 35.5. The van der Waals surface area contributed by atoms with Crippen LogP contribution in [0.3, 0.4) is 0 Å². The number of nitro benzene ring substituents is 1. The third-order valence-corrected chi connectivity index (χ3v) is 6.37. The number of dihydropyridines is 1. The summed E-state index contributed by atoms with van der Waals surface area (Å²) < 4.78 is 5.47. The molecule has 0 saturated carbocycles. The molecular formula is C21H23ClN2O5S. The van der Waals surface area contributed by atoms with Gasteiger partial charge >= 0.3 is 5.97 Å². The first kappa shape index (κ1) is 22.4. The fourth-order valence-electron chi connectivity index (χ4n) is 3.85. The van der Waals surface area contributed by atoms with E-state index in [1.54, 1.807) is 18.7 Å². The van der Waals surface area contributed by atoms with Crippen molar-refractivity contribution in [1.82, 2.24) is 5.32 Å². The van der Waals surface area contributed by atoms with Crippen molar-refractivity contribution in [2.24, 2.45) is 0 Å². The van der Waals surface area contributed by atoms with Crippen LogP contribution in [0.4, 0.5) is 5.69 Å². The van der Waals surface area contributed by atoms with Gasteiger partial charge in [-0.3, -0.25) is 14.9 Å². The van der Waals surface area contributed by atoms with Crippen molar-refractivity contribution in [2.45, 2.75) is 39.0 Å². The minimum atomic E-state index is -0.798. The lowest BCUT2D eigenvalue weighted by Crippen LogP contribution is -2.34. The van der Waals surface area contributed by atoms with E-state index in [4.69, 9.17) is 16.3 Å². The number of thioether (sulfide) groups is 1. The number of non-ortho nitro benzene ring substituents is 1. The number of hydrogen-bond donors (Lipinski definition) is 1. The highest BCUT2D eigenvalue weighted by Gasteiger charge is 2.40. The zero-order chi connectivity index (χ0) is 21.8. The molecule has 160 valence electrons.